The Kier molecular flexibility index (Phi) is 7.45. The molecule has 0 saturated heterocycles. The second kappa shape index (κ2) is 10.9. The third-order valence-corrected chi connectivity index (χ3v) is 6.93. The summed E-state index contributed by atoms with van der Waals surface area (Å²) in [5.74, 6) is 1.05. The van der Waals surface area contributed by atoms with Crippen LogP contribution in [0.1, 0.15) is 57.5 Å². The van der Waals surface area contributed by atoms with E-state index in [0.717, 1.165) is 17.8 Å². The summed E-state index contributed by atoms with van der Waals surface area (Å²) in [6.45, 7) is 8.45. The van der Waals surface area contributed by atoms with Gasteiger partial charge in [-0.05, 0) is 37.8 Å². The Bertz CT molecular complexity index is 1820. The zero-order chi connectivity index (χ0) is 29.5. The Labute approximate surface area is 232 Å². The minimum atomic E-state index is -4.44. The summed E-state index contributed by atoms with van der Waals surface area (Å²) in [7, 11) is 0. The normalized spacial score (nSPS) is 12.1. The number of aromatic nitrogens is 7. The highest BCUT2D eigenvalue weighted by molar-refractivity contribution is 5.77. The van der Waals surface area contributed by atoms with Crippen LogP contribution in [0.25, 0.3) is 39.7 Å². The van der Waals surface area contributed by atoms with Crippen LogP contribution < -0.4 is 11.2 Å². The molecule has 0 amide bonds. The number of rotatable bonds is 9. The fraction of sp³-hybridized carbons (Fsp3) is 0.393. The predicted octanol–water partition coefficient (Wildman–Crippen LogP) is 5.36. The fourth-order valence-corrected chi connectivity index (χ4v) is 5.00. The van der Waals surface area contributed by atoms with Gasteiger partial charge in [0.15, 0.2) is 17.2 Å². The molecule has 0 radical (unpaired) electrons. The van der Waals surface area contributed by atoms with Gasteiger partial charge in [0, 0.05) is 24.7 Å². The molecule has 0 atom stereocenters. The van der Waals surface area contributed by atoms with Gasteiger partial charge in [0.25, 0.3) is 5.56 Å². The van der Waals surface area contributed by atoms with E-state index in [1.807, 2.05) is 27.7 Å². The van der Waals surface area contributed by atoms with Gasteiger partial charge >= 0.3 is 11.9 Å². The van der Waals surface area contributed by atoms with Crippen LogP contribution in [0.3, 0.4) is 0 Å². The Balaban J connectivity index is 1.63. The molecule has 216 valence electrons. The number of benzene rings is 1. The van der Waals surface area contributed by atoms with Crippen LogP contribution in [0, 0.1) is 0 Å². The molecule has 5 rings (SSSR count). The first kappa shape index (κ1) is 28.1. The van der Waals surface area contributed by atoms with E-state index in [1.165, 1.54) is 21.3 Å². The predicted molar refractivity (Wildman–Crippen MR) is 147 cm³/mol. The van der Waals surface area contributed by atoms with Crippen LogP contribution in [-0.2, 0) is 32.1 Å². The molecule has 0 saturated carbocycles. The number of nitrogens with one attached hydrogen (secondary N) is 1. The monoisotopic (exact) mass is 569 g/mol. The molecule has 10 nitrogen and oxygen atoms in total. The first-order valence-corrected chi connectivity index (χ1v) is 13.6. The van der Waals surface area contributed by atoms with Gasteiger partial charge in [0.2, 0.25) is 0 Å². The maximum atomic E-state index is 13.3. The standard InChI is InChI=1S/C28H30F3N7O3/c1-5-13-36-25-23(26(39)37(14-6-2)27(36)40)32-24(33-25)22-18(7-3)34-38(19(22)8-4)21-15-20(41-35-21)16-9-11-17(12-10-16)28(29,30)31/h9-12,15H,5-8,13-14H2,1-4H3,(H,32,33). The van der Waals surface area contributed by atoms with Gasteiger partial charge in [0.1, 0.15) is 11.3 Å². The van der Waals surface area contributed by atoms with E-state index in [1.54, 1.807) is 10.7 Å². The van der Waals surface area contributed by atoms with E-state index < -0.39 is 17.3 Å². The first-order valence-electron chi connectivity index (χ1n) is 13.6. The summed E-state index contributed by atoms with van der Waals surface area (Å²) in [5.41, 5.74) is 1.56. The zero-order valence-corrected chi connectivity index (χ0v) is 23.2. The molecule has 4 aromatic heterocycles. The highest BCUT2D eigenvalue weighted by atomic mass is 19.4. The second-order valence-electron chi connectivity index (χ2n) is 9.69. The maximum Gasteiger partial charge on any atom is 0.416 e. The summed E-state index contributed by atoms with van der Waals surface area (Å²) < 4.78 is 48.8. The number of aromatic amines is 1. The van der Waals surface area contributed by atoms with Crippen molar-refractivity contribution in [3.05, 3.63) is 68.1 Å². The van der Waals surface area contributed by atoms with E-state index in [0.29, 0.717) is 72.9 Å². The lowest BCUT2D eigenvalue weighted by Crippen LogP contribution is -2.40. The number of H-pyrrole nitrogens is 1. The summed E-state index contributed by atoms with van der Waals surface area (Å²) >= 11 is 0. The molecule has 0 aliphatic carbocycles. The van der Waals surface area contributed by atoms with E-state index in [-0.39, 0.29) is 17.0 Å². The van der Waals surface area contributed by atoms with E-state index in [4.69, 9.17) is 14.6 Å². The van der Waals surface area contributed by atoms with Crippen molar-refractivity contribution in [1.82, 2.24) is 34.0 Å². The van der Waals surface area contributed by atoms with Crippen LogP contribution in [0.4, 0.5) is 13.2 Å². The minimum absolute atomic E-state index is 0.254. The Morgan fingerprint density at radius 1 is 0.951 bits per heavy atom. The largest absolute Gasteiger partial charge is 0.416 e. The Hall–Kier alpha value is -4.42. The number of aryl methyl sites for hydroxylation is 2. The summed E-state index contributed by atoms with van der Waals surface area (Å²) in [6.07, 6.45) is -2.06. The topological polar surface area (TPSA) is 117 Å². The maximum absolute atomic E-state index is 13.3. The van der Waals surface area contributed by atoms with Crippen LogP contribution >= 0.6 is 0 Å². The number of hydrogen-bond acceptors (Lipinski definition) is 6. The van der Waals surface area contributed by atoms with Gasteiger partial charge in [-0.15, -0.1) is 0 Å². The molecule has 0 unspecified atom stereocenters. The number of hydrogen-bond donors (Lipinski definition) is 1. The van der Waals surface area contributed by atoms with Crippen molar-refractivity contribution in [2.45, 2.75) is 72.6 Å². The number of alkyl halides is 3. The van der Waals surface area contributed by atoms with E-state index >= 15 is 0 Å². The molecule has 4 heterocycles. The van der Waals surface area contributed by atoms with Crippen molar-refractivity contribution >= 4 is 11.2 Å². The molecular formula is C28H30F3N7O3. The lowest BCUT2D eigenvalue weighted by atomic mass is 10.1. The van der Waals surface area contributed by atoms with Crippen LogP contribution in [-0.4, -0.2) is 34.0 Å². The molecule has 0 aliphatic heterocycles. The van der Waals surface area contributed by atoms with Gasteiger partial charge in [-0.1, -0.05) is 45.0 Å². The lowest BCUT2D eigenvalue weighted by molar-refractivity contribution is -0.137. The van der Waals surface area contributed by atoms with Crippen LogP contribution in [0.15, 0.2) is 44.4 Å². The Morgan fingerprint density at radius 2 is 1.63 bits per heavy atom. The summed E-state index contributed by atoms with van der Waals surface area (Å²) in [6, 6.07) is 6.25. The molecule has 5 aromatic rings. The third kappa shape index (κ3) is 4.89. The van der Waals surface area contributed by atoms with Crippen molar-refractivity contribution in [2.75, 3.05) is 0 Å². The number of fused-ring (bicyclic) bond motifs is 1. The highest BCUT2D eigenvalue weighted by Crippen LogP contribution is 2.33. The minimum Gasteiger partial charge on any atom is -0.354 e. The van der Waals surface area contributed by atoms with Crippen molar-refractivity contribution in [2.24, 2.45) is 0 Å². The van der Waals surface area contributed by atoms with Gasteiger partial charge < -0.3 is 9.51 Å². The van der Waals surface area contributed by atoms with Gasteiger partial charge in [-0.2, -0.15) is 18.3 Å². The summed E-state index contributed by atoms with van der Waals surface area (Å²) in [4.78, 5) is 34.3. The molecule has 41 heavy (non-hydrogen) atoms. The highest BCUT2D eigenvalue weighted by Gasteiger charge is 2.30. The molecule has 13 heteroatoms. The van der Waals surface area contributed by atoms with Gasteiger partial charge in [-0.3, -0.25) is 13.9 Å². The molecule has 1 aromatic carbocycles. The van der Waals surface area contributed by atoms with Gasteiger partial charge in [-0.25, -0.2) is 14.5 Å². The molecule has 1 N–H and O–H groups in total. The van der Waals surface area contributed by atoms with E-state index in [2.05, 4.69) is 10.1 Å². The fourth-order valence-electron chi connectivity index (χ4n) is 5.00. The molecule has 0 spiro atoms. The van der Waals surface area contributed by atoms with Gasteiger partial charge in [0.05, 0.1) is 22.5 Å². The molecule has 0 aliphatic rings. The number of nitrogens with zero attached hydrogens (tertiary/aromatic N) is 6. The number of halogens is 3. The smallest absolute Gasteiger partial charge is 0.354 e. The van der Waals surface area contributed by atoms with Crippen molar-refractivity contribution in [3.8, 4) is 28.5 Å². The molecule has 0 bridgehead atoms. The lowest BCUT2D eigenvalue weighted by Gasteiger charge is -2.09. The molecule has 0 fully saturated rings. The van der Waals surface area contributed by atoms with Crippen molar-refractivity contribution in [3.63, 3.8) is 0 Å². The van der Waals surface area contributed by atoms with Crippen LogP contribution in [0.5, 0.6) is 0 Å². The van der Waals surface area contributed by atoms with Crippen LogP contribution in [0.2, 0.25) is 0 Å². The SMILES string of the molecule is CCCn1c(=O)c2[nH]c(-c3c(CC)nn(-c4cc(-c5ccc(C(F)(F)F)cc5)on4)c3CC)nc2n(CCC)c1=O. The summed E-state index contributed by atoms with van der Waals surface area (Å²) in [5, 5.41) is 8.89. The average molecular weight is 570 g/mol. The van der Waals surface area contributed by atoms with E-state index in [9.17, 15) is 22.8 Å². The van der Waals surface area contributed by atoms with Crippen molar-refractivity contribution < 1.29 is 17.7 Å². The quantitative estimate of drug-likeness (QED) is 0.256. The zero-order valence-electron chi connectivity index (χ0n) is 23.2. The molecular weight excluding hydrogens is 539 g/mol. The Morgan fingerprint density at radius 3 is 2.24 bits per heavy atom. The first-order chi connectivity index (χ1) is 19.6. The second-order valence-corrected chi connectivity index (χ2v) is 9.69. The van der Waals surface area contributed by atoms with Crippen molar-refractivity contribution in [1.29, 1.82) is 0 Å². The average Bonchev–Trinajstić information content (AvgIpc) is 3.69. The third-order valence-electron chi connectivity index (χ3n) is 6.93. The number of imidazole rings is 1.